The highest BCUT2D eigenvalue weighted by atomic mass is 16.5. The molecule has 0 aliphatic carbocycles. The first-order valence-corrected chi connectivity index (χ1v) is 8.68. The number of hydrogen-bond acceptors (Lipinski definition) is 4. The predicted octanol–water partition coefficient (Wildman–Crippen LogP) is 4.09. The maximum absolute atomic E-state index is 9.20. The summed E-state index contributed by atoms with van der Waals surface area (Å²) in [5.41, 5.74) is 2.86. The molecule has 2 aromatic carbocycles. The summed E-state index contributed by atoms with van der Waals surface area (Å²) in [6.07, 6.45) is 4.88. The van der Waals surface area contributed by atoms with Crippen LogP contribution in [-0.4, -0.2) is 18.1 Å². The van der Waals surface area contributed by atoms with Gasteiger partial charge in [-0.1, -0.05) is 12.1 Å². The Labute approximate surface area is 141 Å². The molecule has 120 valence electrons. The molecule has 3 heterocycles. The van der Waals surface area contributed by atoms with E-state index in [1.807, 2.05) is 30.3 Å². The molecule has 2 aromatic rings. The van der Waals surface area contributed by atoms with Crippen LogP contribution >= 0.6 is 0 Å². The van der Waals surface area contributed by atoms with E-state index in [0.29, 0.717) is 23.7 Å². The number of hydrogen-bond donors (Lipinski definition) is 1. The number of nitrogens with one attached hydrogen (secondary N) is 1. The van der Waals surface area contributed by atoms with Crippen LogP contribution in [0.15, 0.2) is 42.5 Å². The number of piperidine rings is 1. The van der Waals surface area contributed by atoms with Crippen molar-refractivity contribution in [2.75, 3.05) is 4.90 Å². The van der Waals surface area contributed by atoms with Crippen molar-refractivity contribution >= 4 is 11.4 Å². The van der Waals surface area contributed by atoms with E-state index in [4.69, 9.17) is 4.74 Å². The molecule has 0 radical (unpaired) electrons. The van der Waals surface area contributed by atoms with Gasteiger partial charge in [0, 0.05) is 24.2 Å². The van der Waals surface area contributed by atoms with Crippen LogP contribution in [0.5, 0.6) is 11.5 Å². The summed E-state index contributed by atoms with van der Waals surface area (Å²) < 4.78 is 6.10. The quantitative estimate of drug-likeness (QED) is 0.861. The van der Waals surface area contributed by atoms with E-state index in [2.05, 4.69) is 28.4 Å². The van der Waals surface area contributed by atoms with Gasteiger partial charge in [0.05, 0.1) is 23.0 Å². The lowest BCUT2D eigenvalue weighted by Crippen LogP contribution is -2.47. The lowest BCUT2D eigenvalue weighted by Gasteiger charge is -2.42. The first-order chi connectivity index (χ1) is 11.8. The zero-order valence-electron chi connectivity index (χ0n) is 13.4. The Hall–Kier alpha value is -2.51. The maximum atomic E-state index is 9.20. The van der Waals surface area contributed by atoms with E-state index < -0.39 is 0 Å². The third-order valence-electron chi connectivity index (χ3n) is 5.51. The number of para-hydroxylation sites is 2. The summed E-state index contributed by atoms with van der Waals surface area (Å²) in [5.74, 6) is 1.67. The fourth-order valence-corrected chi connectivity index (χ4v) is 4.49. The Kier molecular flexibility index (Phi) is 3.04. The van der Waals surface area contributed by atoms with Gasteiger partial charge in [-0.3, -0.25) is 0 Å². The molecule has 2 atom stereocenters. The Balaban J connectivity index is 1.62. The molecular formula is C20H19N3O. The van der Waals surface area contributed by atoms with Crippen LogP contribution in [0, 0.1) is 11.3 Å². The van der Waals surface area contributed by atoms with Crippen molar-refractivity contribution < 1.29 is 4.74 Å². The molecule has 4 heteroatoms. The minimum absolute atomic E-state index is 0.473. The number of ether oxygens (including phenoxy) is 1. The minimum Gasteiger partial charge on any atom is -0.453 e. The molecule has 0 amide bonds. The van der Waals surface area contributed by atoms with Gasteiger partial charge in [-0.25, -0.2) is 0 Å². The molecule has 2 saturated heterocycles. The van der Waals surface area contributed by atoms with E-state index in [0.717, 1.165) is 35.7 Å². The second-order valence-corrected chi connectivity index (χ2v) is 7.00. The summed E-state index contributed by atoms with van der Waals surface area (Å²) in [6.45, 7) is 0. The van der Waals surface area contributed by atoms with Crippen molar-refractivity contribution in [1.29, 1.82) is 5.26 Å². The Morgan fingerprint density at radius 2 is 1.75 bits per heavy atom. The van der Waals surface area contributed by atoms with Gasteiger partial charge in [-0.15, -0.1) is 0 Å². The topological polar surface area (TPSA) is 48.3 Å². The second-order valence-electron chi connectivity index (χ2n) is 7.00. The molecule has 0 spiro atoms. The smallest absolute Gasteiger partial charge is 0.152 e. The summed E-state index contributed by atoms with van der Waals surface area (Å²) in [4.78, 5) is 2.45. The van der Waals surface area contributed by atoms with Crippen molar-refractivity contribution in [2.24, 2.45) is 0 Å². The number of anilines is 2. The molecular weight excluding hydrogens is 298 g/mol. The predicted molar refractivity (Wildman–Crippen MR) is 92.8 cm³/mol. The van der Waals surface area contributed by atoms with Gasteiger partial charge in [0.2, 0.25) is 0 Å². The highest BCUT2D eigenvalue weighted by Gasteiger charge is 2.39. The molecule has 3 aliphatic heterocycles. The van der Waals surface area contributed by atoms with Crippen LogP contribution in [0.4, 0.5) is 11.4 Å². The maximum Gasteiger partial charge on any atom is 0.152 e. The number of rotatable bonds is 1. The van der Waals surface area contributed by atoms with Gasteiger partial charge in [0.25, 0.3) is 0 Å². The van der Waals surface area contributed by atoms with E-state index in [-0.39, 0.29) is 0 Å². The van der Waals surface area contributed by atoms with Crippen LogP contribution in [0.1, 0.15) is 31.2 Å². The monoisotopic (exact) mass is 317 g/mol. The van der Waals surface area contributed by atoms with Gasteiger partial charge >= 0.3 is 0 Å². The van der Waals surface area contributed by atoms with Crippen molar-refractivity contribution in [3.63, 3.8) is 0 Å². The fraction of sp³-hybridized carbons (Fsp3) is 0.350. The average Bonchev–Trinajstić information content (AvgIpc) is 2.97. The van der Waals surface area contributed by atoms with E-state index in [1.54, 1.807) is 0 Å². The normalized spacial score (nSPS) is 27.0. The van der Waals surface area contributed by atoms with Crippen molar-refractivity contribution in [2.45, 2.75) is 43.8 Å². The lowest BCUT2D eigenvalue weighted by atomic mass is 9.95. The molecule has 4 nitrogen and oxygen atoms in total. The summed E-state index contributed by atoms with van der Waals surface area (Å²) >= 11 is 0. The second kappa shape index (κ2) is 5.25. The van der Waals surface area contributed by atoms with Gasteiger partial charge < -0.3 is 15.0 Å². The molecule has 2 fully saturated rings. The van der Waals surface area contributed by atoms with Crippen molar-refractivity contribution in [3.05, 3.63) is 48.0 Å². The van der Waals surface area contributed by atoms with Gasteiger partial charge in [-0.2, -0.15) is 5.26 Å². The number of nitriles is 1. The SMILES string of the molecule is N#Cc1ccc2c(c1)Oc1ccccc1N2C1CC2CCC(C1)N2. The summed E-state index contributed by atoms with van der Waals surface area (Å²) in [6, 6.07) is 17.9. The van der Waals surface area contributed by atoms with Crippen LogP contribution < -0.4 is 15.0 Å². The Morgan fingerprint density at radius 3 is 2.54 bits per heavy atom. The van der Waals surface area contributed by atoms with Gasteiger partial charge in [-0.05, 0) is 49.9 Å². The highest BCUT2D eigenvalue weighted by molar-refractivity contribution is 5.79. The van der Waals surface area contributed by atoms with E-state index >= 15 is 0 Å². The van der Waals surface area contributed by atoms with Crippen LogP contribution in [0.2, 0.25) is 0 Å². The van der Waals surface area contributed by atoms with Crippen molar-refractivity contribution in [1.82, 2.24) is 5.32 Å². The van der Waals surface area contributed by atoms with Gasteiger partial charge in [0.1, 0.15) is 0 Å². The zero-order valence-corrected chi connectivity index (χ0v) is 13.4. The van der Waals surface area contributed by atoms with E-state index in [1.165, 1.54) is 12.8 Å². The fourth-order valence-electron chi connectivity index (χ4n) is 4.49. The minimum atomic E-state index is 0.473. The number of nitrogens with zero attached hydrogens (tertiary/aromatic N) is 2. The number of fused-ring (bicyclic) bond motifs is 4. The first kappa shape index (κ1) is 13.9. The molecule has 5 rings (SSSR count). The molecule has 2 bridgehead atoms. The van der Waals surface area contributed by atoms with Gasteiger partial charge in [0.15, 0.2) is 11.5 Å². The van der Waals surface area contributed by atoms with Crippen molar-refractivity contribution in [3.8, 4) is 17.6 Å². The van der Waals surface area contributed by atoms with Crippen LogP contribution in [0.3, 0.4) is 0 Å². The highest BCUT2D eigenvalue weighted by Crippen LogP contribution is 2.49. The lowest BCUT2D eigenvalue weighted by molar-refractivity contribution is 0.353. The third-order valence-corrected chi connectivity index (χ3v) is 5.51. The summed E-state index contributed by atoms with van der Waals surface area (Å²) in [5, 5.41) is 12.9. The molecule has 3 aliphatic rings. The molecule has 1 N–H and O–H groups in total. The zero-order chi connectivity index (χ0) is 16.1. The Morgan fingerprint density at radius 1 is 1.00 bits per heavy atom. The first-order valence-electron chi connectivity index (χ1n) is 8.68. The number of benzene rings is 2. The Bertz CT molecular complexity index is 829. The standard InChI is InChI=1S/C20H19N3O/c21-12-13-5-8-18-20(9-13)24-19-4-2-1-3-17(19)23(18)16-10-14-6-7-15(11-16)22-14/h1-5,8-9,14-16,22H,6-7,10-11H2. The van der Waals surface area contributed by atoms with Crippen LogP contribution in [0.25, 0.3) is 0 Å². The largest absolute Gasteiger partial charge is 0.453 e. The average molecular weight is 317 g/mol. The molecule has 2 unspecified atom stereocenters. The molecule has 0 aromatic heterocycles. The summed E-state index contributed by atoms with van der Waals surface area (Å²) in [7, 11) is 0. The van der Waals surface area contributed by atoms with E-state index in [9.17, 15) is 5.26 Å². The third kappa shape index (κ3) is 2.09. The molecule has 24 heavy (non-hydrogen) atoms. The molecule has 0 saturated carbocycles. The van der Waals surface area contributed by atoms with Crippen LogP contribution in [-0.2, 0) is 0 Å².